The number of nitrogens with zero attached hydrogens (tertiary/aromatic N) is 3. The Morgan fingerprint density at radius 2 is 1.96 bits per heavy atom. The van der Waals surface area contributed by atoms with Gasteiger partial charge in [0.25, 0.3) is 5.91 Å². The number of anilines is 1. The van der Waals surface area contributed by atoms with E-state index in [0.29, 0.717) is 23.8 Å². The van der Waals surface area contributed by atoms with Crippen molar-refractivity contribution in [3.8, 4) is 5.75 Å². The van der Waals surface area contributed by atoms with E-state index >= 15 is 0 Å². The quantitative estimate of drug-likeness (QED) is 0.613. The maximum absolute atomic E-state index is 13.2. The number of thiazole rings is 1. The van der Waals surface area contributed by atoms with E-state index in [1.807, 2.05) is 70.4 Å². The molecule has 0 aliphatic heterocycles. The highest BCUT2D eigenvalue weighted by atomic mass is 32.1. The third-order valence-electron chi connectivity index (χ3n) is 4.17. The number of aromatic nitrogens is 1. The maximum atomic E-state index is 13.2. The molecule has 27 heavy (non-hydrogen) atoms. The topological polar surface area (TPSA) is 45.7 Å². The molecule has 2 aromatic carbocycles. The number of ether oxygens (including phenoxy) is 1. The molecule has 142 valence electrons. The van der Waals surface area contributed by atoms with Crippen LogP contribution in [0.3, 0.4) is 0 Å². The minimum Gasteiger partial charge on any atom is -0.494 e. The molecule has 1 aromatic heterocycles. The van der Waals surface area contributed by atoms with Gasteiger partial charge in [0.1, 0.15) is 5.75 Å². The highest BCUT2D eigenvalue weighted by molar-refractivity contribution is 7.22. The van der Waals surface area contributed by atoms with Crippen LogP contribution in [0.4, 0.5) is 5.13 Å². The SMILES string of the molecule is CCOc1ccc2nc(N(CCN(C)C)C(=O)c3cccc(C)c3)sc2c1. The first-order valence-electron chi connectivity index (χ1n) is 9.04. The summed E-state index contributed by atoms with van der Waals surface area (Å²) in [7, 11) is 4.00. The van der Waals surface area contributed by atoms with E-state index < -0.39 is 0 Å². The van der Waals surface area contributed by atoms with E-state index in [2.05, 4.69) is 4.90 Å². The van der Waals surface area contributed by atoms with Crippen molar-refractivity contribution in [1.82, 2.24) is 9.88 Å². The summed E-state index contributed by atoms with van der Waals surface area (Å²) in [6.45, 7) is 5.92. The van der Waals surface area contributed by atoms with Crippen LogP contribution in [0.25, 0.3) is 10.2 Å². The van der Waals surface area contributed by atoms with Crippen LogP contribution < -0.4 is 9.64 Å². The second kappa shape index (κ2) is 8.50. The first-order valence-corrected chi connectivity index (χ1v) is 9.86. The molecule has 1 amide bonds. The van der Waals surface area contributed by atoms with Crippen LogP contribution in [-0.2, 0) is 0 Å². The Labute approximate surface area is 164 Å². The average Bonchev–Trinajstić information content (AvgIpc) is 3.04. The lowest BCUT2D eigenvalue weighted by Crippen LogP contribution is -2.36. The molecule has 0 saturated carbocycles. The van der Waals surface area contributed by atoms with E-state index in [1.54, 1.807) is 4.90 Å². The van der Waals surface area contributed by atoms with Gasteiger partial charge in [0.2, 0.25) is 0 Å². The van der Waals surface area contributed by atoms with Crippen molar-refractivity contribution in [2.45, 2.75) is 13.8 Å². The Kier molecular flexibility index (Phi) is 6.08. The summed E-state index contributed by atoms with van der Waals surface area (Å²) in [4.78, 5) is 21.8. The lowest BCUT2D eigenvalue weighted by atomic mass is 10.1. The van der Waals surface area contributed by atoms with Gasteiger partial charge in [0.15, 0.2) is 5.13 Å². The Balaban J connectivity index is 1.96. The molecule has 5 nitrogen and oxygen atoms in total. The van der Waals surface area contributed by atoms with Crippen LogP contribution in [0.15, 0.2) is 42.5 Å². The second-order valence-corrected chi connectivity index (χ2v) is 7.70. The fourth-order valence-electron chi connectivity index (χ4n) is 2.78. The fraction of sp³-hybridized carbons (Fsp3) is 0.333. The maximum Gasteiger partial charge on any atom is 0.260 e. The number of rotatable bonds is 7. The van der Waals surface area contributed by atoms with Gasteiger partial charge in [0, 0.05) is 18.7 Å². The number of carbonyl (C=O) groups excluding carboxylic acids is 1. The monoisotopic (exact) mass is 383 g/mol. The minimum atomic E-state index is -0.0235. The number of carbonyl (C=O) groups is 1. The standard InChI is InChI=1S/C21H25N3O2S/c1-5-26-17-9-10-18-19(14-17)27-21(22-18)24(12-11-23(3)4)20(25)16-8-6-7-15(2)13-16/h6-10,13-14H,5,11-12H2,1-4H3. The van der Waals surface area contributed by atoms with Crippen molar-refractivity contribution in [3.05, 3.63) is 53.6 Å². The zero-order chi connectivity index (χ0) is 19.4. The zero-order valence-corrected chi connectivity index (χ0v) is 17.0. The van der Waals surface area contributed by atoms with Crippen LogP contribution in [0.2, 0.25) is 0 Å². The Morgan fingerprint density at radius 1 is 1.15 bits per heavy atom. The predicted octanol–water partition coefficient (Wildman–Crippen LogP) is 4.21. The molecule has 1 heterocycles. The summed E-state index contributed by atoms with van der Waals surface area (Å²) in [5, 5.41) is 0.715. The molecule has 3 rings (SSSR count). The smallest absolute Gasteiger partial charge is 0.260 e. The first-order chi connectivity index (χ1) is 13.0. The lowest BCUT2D eigenvalue weighted by Gasteiger charge is -2.22. The van der Waals surface area contributed by atoms with Gasteiger partial charge in [-0.2, -0.15) is 0 Å². The van der Waals surface area contributed by atoms with Crippen molar-refractivity contribution >= 4 is 32.6 Å². The minimum absolute atomic E-state index is 0.0235. The molecule has 0 fully saturated rings. The van der Waals surface area contributed by atoms with Gasteiger partial charge in [0.05, 0.1) is 16.8 Å². The van der Waals surface area contributed by atoms with Gasteiger partial charge in [-0.15, -0.1) is 0 Å². The summed E-state index contributed by atoms with van der Waals surface area (Å²) < 4.78 is 6.60. The van der Waals surface area contributed by atoms with Crippen molar-refractivity contribution in [1.29, 1.82) is 0 Å². The van der Waals surface area contributed by atoms with E-state index in [4.69, 9.17) is 9.72 Å². The zero-order valence-electron chi connectivity index (χ0n) is 16.2. The normalized spacial score (nSPS) is 11.1. The predicted molar refractivity (Wildman–Crippen MR) is 112 cm³/mol. The fourth-order valence-corrected chi connectivity index (χ4v) is 3.80. The van der Waals surface area contributed by atoms with Crippen molar-refractivity contribution in [2.75, 3.05) is 38.7 Å². The molecule has 0 saturated heterocycles. The first kappa shape index (κ1) is 19.3. The van der Waals surface area contributed by atoms with Crippen LogP contribution in [-0.4, -0.2) is 49.6 Å². The highest BCUT2D eigenvalue weighted by Gasteiger charge is 2.21. The molecule has 0 radical (unpaired) electrons. The number of likely N-dealkylation sites (N-methyl/N-ethyl adjacent to an activating group) is 1. The van der Waals surface area contributed by atoms with Crippen LogP contribution in [0, 0.1) is 6.92 Å². The van der Waals surface area contributed by atoms with Crippen molar-refractivity contribution < 1.29 is 9.53 Å². The molecule has 0 N–H and O–H groups in total. The Hall–Kier alpha value is -2.44. The molecular formula is C21H25N3O2S. The van der Waals surface area contributed by atoms with Gasteiger partial charge < -0.3 is 9.64 Å². The number of amides is 1. The molecule has 0 aliphatic carbocycles. The largest absolute Gasteiger partial charge is 0.494 e. The summed E-state index contributed by atoms with van der Waals surface area (Å²) in [6, 6.07) is 13.5. The third-order valence-corrected chi connectivity index (χ3v) is 5.21. The average molecular weight is 384 g/mol. The van der Waals surface area contributed by atoms with E-state index in [9.17, 15) is 4.79 Å². The van der Waals surface area contributed by atoms with Gasteiger partial charge in [-0.05, 0) is 58.3 Å². The van der Waals surface area contributed by atoms with Gasteiger partial charge >= 0.3 is 0 Å². The number of hydrogen-bond donors (Lipinski definition) is 0. The summed E-state index contributed by atoms with van der Waals surface area (Å²) in [6.07, 6.45) is 0. The Bertz CT molecular complexity index is 936. The molecule has 0 spiro atoms. The summed E-state index contributed by atoms with van der Waals surface area (Å²) in [5.74, 6) is 0.801. The van der Waals surface area contributed by atoms with Gasteiger partial charge in [-0.3, -0.25) is 9.69 Å². The molecule has 0 unspecified atom stereocenters. The van der Waals surface area contributed by atoms with Gasteiger partial charge in [-0.25, -0.2) is 4.98 Å². The molecule has 0 atom stereocenters. The number of benzene rings is 2. The second-order valence-electron chi connectivity index (χ2n) is 6.69. The van der Waals surface area contributed by atoms with Crippen LogP contribution in [0.1, 0.15) is 22.8 Å². The Morgan fingerprint density at radius 3 is 2.67 bits per heavy atom. The lowest BCUT2D eigenvalue weighted by molar-refractivity contribution is 0.0985. The molecule has 3 aromatic rings. The summed E-state index contributed by atoms with van der Waals surface area (Å²) >= 11 is 1.52. The van der Waals surface area contributed by atoms with E-state index in [0.717, 1.165) is 28.1 Å². The molecule has 6 heteroatoms. The van der Waals surface area contributed by atoms with Crippen LogP contribution >= 0.6 is 11.3 Å². The number of fused-ring (bicyclic) bond motifs is 1. The number of hydrogen-bond acceptors (Lipinski definition) is 5. The van der Waals surface area contributed by atoms with E-state index in [-0.39, 0.29) is 5.91 Å². The molecule has 0 bridgehead atoms. The number of aryl methyl sites for hydroxylation is 1. The van der Waals surface area contributed by atoms with Crippen LogP contribution in [0.5, 0.6) is 5.75 Å². The third kappa shape index (κ3) is 4.64. The van der Waals surface area contributed by atoms with Gasteiger partial charge in [-0.1, -0.05) is 29.0 Å². The summed E-state index contributed by atoms with van der Waals surface area (Å²) in [5.41, 5.74) is 2.63. The molecular weight excluding hydrogens is 358 g/mol. The van der Waals surface area contributed by atoms with E-state index in [1.165, 1.54) is 11.3 Å². The van der Waals surface area contributed by atoms with Crippen molar-refractivity contribution in [3.63, 3.8) is 0 Å². The highest BCUT2D eigenvalue weighted by Crippen LogP contribution is 2.32. The van der Waals surface area contributed by atoms with Crippen molar-refractivity contribution in [2.24, 2.45) is 0 Å². The molecule has 0 aliphatic rings.